The van der Waals surface area contributed by atoms with E-state index in [1.807, 2.05) is 121 Å². The number of carbonyl (C=O) groups is 1. The Balaban J connectivity index is 0.000000148. The molecule has 4 N–H and O–H groups in total. The van der Waals surface area contributed by atoms with E-state index in [0.29, 0.717) is 51.2 Å². The molecule has 0 aliphatic carbocycles. The summed E-state index contributed by atoms with van der Waals surface area (Å²) in [6.07, 6.45) is 0. The van der Waals surface area contributed by atoms with Crippen molar-refractivity contribution in [3.8, 4) is 79.7 Å². The summed E-state index contributed by atoms with van der Waals surface area (Å²) < 4.78 is 60.7. The van der Waals surface area contributed by atoms with E-state index in [0.717, 1.165) is 137 Å². The molecule has 21 heteroatoms. The average Bonchev–Trinajstić information content (AvgIpc) is 1.58. The predicted octanol–water partition coefficient (Wildman–Crippen LogP) is 19.9. The van der Waals surface area contributed by atoms with Gasteiger partial charge in [-0.2, -0.15) is 0 Å². The van der Waals surface area contributed by atoms with Crippen molar-refractivity contribution >= 4 is 160 Å². The summed E-state index contributed by atoms with van der Waals surface area (Å²) in [5.41, 5.74) is 17.5. The number of aromatic nitrogens is 9. The van der Waals surface area contributed by atoms with E-state index in [4.69, 9.17) is 42.7 Å². The molecule has 9 aromatic heterocycles. The second-order valence-electron chi connectivity index (χ2n) is 29.3. The van der Waals surface area contributed by atoms with Gasteiger partial charge >= 0.3 is 103 Å². The first-order valence-electron chi connectivity index (χ1n) is 39.1. The van der Waals surface area contributed by atoms with Crippen LogP contribution in [0, 0.1) is 11.6 Å². The topological polar surface area (TPSA) is 240 Å². The number of carbonyl (C=O) groups excluding carboxylic acids is 1. The van der Waals surface area contributed by atoms with Crippen molar-refractivity contribution in [1.82, 2.24) is 50.2 Å². The zero-order chi connectivity index (χ0) is 80.8. The Bertz CT molecular complexity index is 7920. The summed E-state index contributed by atoms with van der Waals surface area (Å²) in [4.78, 5) is 44.9. The van der Waals surface area contributed by atoms with E-state index in [9.17, 15) is 0 Å². The Morgan fingerprint density at radius 3 is 0.839 bits per heavy atom. The monoisotopic (exact) mass is 1670 g/mol. The minimum Gasteiger partial charge on any atom is -1.00 e. The van der Waals surface area contributed by atoms with Gasteiger partial charge in [-0.25, -0.2) is 38.7 Å². The Kier molecular flexibility index (Phi) is 21.9. The van der Waals surface area contributed by atoms with Crippen molar-refractivity contribution in [3.63, 3.8) is 0 Å². The summed E-state index contributed by atoms with van der Waals surface area (Å²) in [6.45, 7) is -0.181. The molecule has 0 amide bonds. The largest absolute Gasteiger partial charge is 1.00 e. The van der Waals surface area contributed by atoms with E-state index < -0.39 is 11.6 Å². The third kappa shape index (κ3) is 14.2. The van der Waals surface area contributed by atoms with Crippen LogP contribution in [0.25, 0.3) is 233 Å². The summed E-state index contributed by atoms with van der Waals surface area (Å²) in [5.74, 6) is 1.01. The molecular weight excluding hydrogens is 1610 g/mol. The maximum atomic E-state index is 15.6. The minimum atomic E-state index is -0.556. The third-order valence-electron chi connectivity index (χ3n) is 22.3. The van der Waals surface area contributed by atoms with E-state index >= 15 is 8.78 Å². The molecule has 16 aromatic carbocycles. The molecule has 0 unspecified atom stereocenters. The number of aromatic amines is 1. The van der Waals surface area contributed by atoms with Gasteiger partial charge in [0.2, 0.25) is 0 Å². The second-order valence-corrected chi connectivity index (χ2v) is 29.3. The van der Waals surface area contributed by atoms with Crippen molar-refractivity contribution < 1.29 is 146 Å². The maximum absolute atomic E-state index is 15.6. The number of nitrogens with one attached hydrogen (secondary N) is 1. The van der Waals surface area contributed by atoms with Crippen molar-refractivity contribution in [3.05, 3.63) is 363 Å². The van der Waals surface area contributed by atoms with Crippen LogP contribution < -0.4 is 114 Å². The quantitative estimate of drug-likeness (QED) is 0.0591. The van der Waals surface area contributed by atoms with E-state index in [1.54, 1.807) is 12.1 Å². The Morgan fingerprint density at radius 1 is 0.282 bits per heavy atom. The first-order valence-corrected chi connectivity index (χ1v) is 39.1. The first kappa shape index (κ1) is 80.4. The zero-order valence-corrected chi connectivity index (χ0v) is 72.7. The van der Waals surface area contributed by atoms with Crippen molar-refractivity contribution in [2.75, 3.05) is 0 Å². The first-order chi connectivity index (χ1) is 59.7. The standard InChI is InChI=1S/C57H33N5O2.C33H17F2N3O2.C12H9N.CH2O3.2K.H3N.H/c1-2-16-34(17-3-1)55-58-56(43-30-41-39-22-8-14-28-51(39)63-53(41)32-49(43)61-45-24-10-4-18-35(45)36-19-5-11-25-46(36)61)60-57(59-55)44-31-42-40-23-9-15-29-52(40)64-54(42)33-50(44)62-47-26-12-6-20-37(47)38-21-7-13-27-48(38)62;34-25-16-29-21(19-10-4-6-12-27(19)39-29)14-23(25)32-36-31(18-8-2-1-3-9-18)37-33(38-32)24-15-22-20-11-5-7-13-28(20)40-30(22)17-26(24)35;1-3-7-11-9(5-1)10-6-2-4-8-12(10)13-11;2-1-4-3;;;;/h1-33H;1-17H;1-8,13H;1,3H;;;1H3;/q;;;;2*+1;;-1/p-1. The van der Waals surface area contributed by atoms with Gasteiger partial charge in [0.05, 0.1) is 44.6 Å². The van der Waals surface area contributed by atoms with Gasteiger partial charge in [0.1, 0.15) is 56.3 Å². The molecule has 0 bridgehead atoms. The molecule has 9 heterocycles. The van der Waals surface area contributed by atoms with Crippen LogP contribution in [0.4, 0.5) is 8.78 Å². The van der Waals surface area contributed by atoms with Crippen molar-refractivity contribution in [2.24, 2.45) is 0 Å². The fourth-order valence-electron chi connectivity index (χ4n) is 16.9. The SMILES string of the molecule is Fc1cc2oc3ccccc3c2cc1-c1nc(-c2ccccc2)nc(-c2cc3c(cc2F)oc2ccccc23)n1.N.O=CO[O-].[H-].[K+].[K+].c1ccc(-c2nc(-c3cc4c(cc3-n3c5ccccc5c5ccccc53)oc3ccccc34)nc(-c3cc4c(cc3-n3c5ccccc5c5ccccc53)oc3ccccc34)n2)cc1.c1ccc2c(c1)[nH]c1ccccc12. The maximum Gasteiger partial charge on any atom is 1.00 e. The summed E-state index contributed by atoms with van der Waals surface area (Å²) in [7, 11) is 0. The predicted molar refractivity (Wildman–Crippen MR) is 479 cm³/mol. The molecule has 0 aliphatic rings. The number of nitrogens with zero attached hydrogens (tertiary/aromatic N) is 8. The third-order valence-corrected chi connectivity index (χ3v) is 22.3. The molecule has 0 fully saturated rings. The summed E-state index contributed by atoms with van der Waals surface area (Å²) >= 11 is 0. The molecule has 0 radical (unpaired) electrons. The van der Waals surface area contributed by atoms with Crippen molar-refractivity contribution in [2.45, 2.75) is 0 Å². The molecule has 0 spiro atoms. The summed E-state index contributed by atoms with van der Waals surface area (Å²) in [6, 6.07) is 117. The zero-order valence-electron chi connectivity index (χ0n) is 67.5. The van der Waals surface area contributed by atoms with Crippen LogP contribution in [0.5, 0.6) is 0 Å². The van der Waals surface area contributed by atoms with Crippen molar-refractivity contribution in [1.29, 1.82) is 0 Å². The molecule has 17 nitrogen and oxygen atoms in total. The molecule has 0 aliphatic heterocycles. The van der Waals surface area contributed by atoms with E-state index in [-0.39, 0.29) is 140 Å². The molecule has 0 saturated heterocycles. The van der Waals surface area contributed by atoms with Crippen LogP contribution in [-0.2, 0) is 9.68 Å². The molecule has 584 valence electrons. The molecular formula is C103H64F2K2N10O7. The second kappa shape index (κ2) is 33.8. The summed E-state index contributed by atoms with van der Waals surface area (Å²) in [5, 5.41) is 22.8. The van der Waals surface area contributed by atoms with E-state index in [2.05, 4.69) is 240 Å². The number of halogens is 2. The minimum absolute atomic E-state index is 0. The molecule has 25 aromatic rings. The van der Waals surface area contributed by atoms with E-state index in [1.165, 1.54) is 33.9 Å². The number of rotatable bonds is 9. The average molecular weight is 1670 g/mol. The van der Waals surface area contributed by atoms with Gasteiger partial charge in [0, 0.05) is 133 Å². The van der Waals surface area contributed by atoms with Gasteiger partial charge in [0.15, 0.2) is 34.9 Å². The van der Waals surface area contributed by atoms with Gasteiger partial charge in [-0.1, -0.05) is 243 Å². The van der Waals surface area contributed by atoms with Crippen LogP contribution in [0.1, 0.15) is 1.43 Å². The Morgan fingerprint density at radius 2 is 0.524 bits per heavy atom. The fourth-order valence-corrected chi connectivity index (χ4v) is 16.9. The number of hydrogen-bond donors (Lipinski definition) is 2. The number of benzene rings is 16. The number of H-pyrrole nitrogens is 1. The van der Waals surface area contributed by atoms with Gasteiger partial charge in [-0.15, -0.1) is 0 Å². The Labute approximate surface area is 789 Å². The van der Waals surface area contributed by atoms with Crippen LogP contribution in [0.3, 0.4) is 0 Å². The molecule has 25 rings (SSSR count). The normalized spacial score (nSPS) is 11.3. The van der Waals surface area contributed by atoms with Gasteiger partial charge in [0.25, 0.3) is 6.47 Å². The van der Waals surface area contributed by atoms with Crippen LogP contribution >= 0.6 is 0 Å². The van der Waals surface area contributed by atoms with Crippen LogP contribution in [0.15, 0.2) is 370 Å². The molecule has 0 atom stereocenters. The van der Waals surface area contributed by atoms with Crippen LogP contribution in [-0.4, -0.2) is 50.5 Å². The smallest absolute Gasteiger partial charge is 1.00 e. The number of furan rings is 4. The molecule has 0 saturated carbocycles. The number of fused-ring (bicyclic) bond motifs is 21. The number of para-hydroxylation sites is 10. The molecule has 124 heavy (non-hydrogen) atoms. The van der Waals surface area contributed by atoms with Gasteiger partial charge in [-0.05, 0) is 84.9 Å². The number of hydrogen-bond acceptors (Lipinski definition) is 14. The van der Waals surface area contributed by atoms with Gasteiger partial charge < -0.3 is 49.5 Å². The van der Waals surface area contributed by atoms with Gasteiger partial charge in [-0.3, -0.25) is 4.79 Å². The fraction of sp³-hybridized carbons (Fsp3) is 0. The van der Waals surface area contributed by atoms with Crippen LogP contribution in [0.2, 0.25) is 0 Å². The Hall–Kier alpha value is -13.3.